The van der Waals surface area contributed by atoms with Gasteiger partial charge in [0.15, 0.2) is 0 Å². The SMILES string of the molecule is CCOC(=O)c1cc(C#N)c(Br)c(CC)c1. The van der Waals surface area contributed by atoms with Crippen molar-refractivity contribution in [3.05, 3.63) is 33.3 Å². The zero-order valence-corrected chi connectivity index (χ0v) is 10.8. The summed E-state index contributed by atoms with van der Waals surface area (Å²) in [5.74, 6) is -0.388. The molecule has 0 aliphatic rings. The average molecular weight is 282 g/mol. The van der Waals surface area contributed by atoms with Gasteiger partial charge in [-0.3, -0.25) is 0 Å². The molecule has 0 radical (unpaired) electrons. The molecule has 0 bridgehead atoms. The zero-order chi connectivity index (χ0) is 12.1. The summed E-state index contributed by atoms with van der Waals surface area (Å²) in [4.78, 5) is 11.5. The summed E-state index contributed by atoms with van der Waals surface area (Å²) in [6, 6.07) is 5.35. The van der Waals surface area contributed by atoms with Crippen molar-refractivity contribution in [1.29, 1.82) is 5.26 Å². The molecular formula is C12H12BrNO2. The van der Waals surface area contributed by atoms with Gasteiger partial charge in [0.1, 0.15) is 6.07 Å². The van der Waals surface area contributed by atoms with E-state index in [4.69, 9.17) is 10.00 Å². The van der Waals surface area contributed by atoms with Crippen molar-refractivity contribution < 1.29 is 9.53 Å². The van der Waals surface area contributed by atoms with E-state index in [1.807, 2.05) is 6.92 Å². The molecule has 3 nitrogen and oxygen atoms in total. The van der Waals surface area contributed by atoms with Crippen LogP contribution in [-0.2, 0) is 11.2 Å². The second kappa shape index (κ2) is 5.66. The van der Waals surface area contributed by atoms with E-state index in [1.54, 1.807) is 19.1 Å². The lowest BCUT2D eigenvalue weighted by Gasteiger charge is -2.07. The quantitative estimate of drug-likeness (QED) is 0.800. The number of carbonyl (C=O) groups is 1. The van der Waals surface area contributed by atoms with Crippen molar-refractivity contribution >= 4 is 21.9 Å². The van der Waals surface area contributed by atoms with E-state index in [9.17, 15) is 4.79 Å². The fourth-order valence-corrected chi connectivity index (χ4v) is 1.95. The van der Waals surface area contributed by atoms with Gasteiger partial charge < -0.3 is 4.74 Å². The Morgan fingerprint density at radius 1 is 1.50 bits per heavy atom. The Morgan fingerprint density at radius 3 is 2.69 bits per heavy atom. The molecule has 0 fully saturated rings. The van der Waals surface area contributed by atoms with Crippen molar-refractivity contribution in [1.82, 2.24) is 0 Å². The van der Waals surface area contributed by atoms with E-state index < -0.39 is 0 Å². The van der Waals surface area contributed by atoms with Crippen molar-refractivity contribution in [2.24, 2.45) is 0 Å². The number of halogens is 1. The Labute approximate surface area is 103 Å². The predicted octanol–water partition coefficient (Wildman–Crippen LogP) is 3.06. The first-order valence-electron chi connectivity index (χ1n) is 5.03. The topological polar surface area (TPSA) is 50.1 Å². The molecule has 0 aromatic heterocycles. The lowest BCUT2D eigenvalue weighted by Crippen LogP contribution is -2.06. The number of rotatable bonds is 3. The highest BCUT2D eigenvalue weighted by Crippen LogP contribution is 2.24. The summed E-state index contributed by atoms with van der Waals surface area (Å²) in [5.41, 5.74) is 1.82. The van der Waals surface area contributed by atoms with E-state index in [2.05, 4.69) is 22.0 Å². The summed E-state index contributed by atoms with van der Waals surface area (Å²) in [6.07, 6.45) is 0.752. The van der Waals surface area contributed by atoms with Crippen LogP contribution in [0.25, 0.3) is 0 Å². The van der Waals surface area contributed by atoms with Crippen LogP contribution in [0.2, 0.25) is 0 Å². The minimum absolute atomic E-state index is 0.332. The number of hydrogen-bond donors (Lipinski definition) is 0. The van der Waals surface area contributed by atoms with Gasteiger partial charge in [0.2, 0.25) is 0 Å². The molecule has 0 N–H and O–H groups in total. The fourth-order valence-electron chi connectivity index (χ4n) is 1.36. The number of aryl methyl sites for hydroxylation is 1. The van der Waals surface area contributed by atoms with Crippen LogP contribution < -0.4 is 0 Å². The molecule has 0 spiro atoms. The summed E-state index contributed by atoms with van der Waals surface area (Å²) in [6.45, 7) is 4.05. The van der Waals surface area contributed by atoms with E-state index in [1.165, 1.54) is 0 Å². The summed E-state index contributed by atoms with van der Waals surface area (Å²) >= 11 is 3.35. The molecular weight excluding hydrogens is 270 g/mol. The maximum Gasteiger partial charge on any atom is 0.338 e. The third-order valence-corrected chi connectivity index (χ3v) is 3.10. The molecule has 0 aliphatic carbocycles. The summed E-state index contributed by atoms with van der Waals surface area (Å²) < 4.78 is 5.66. The number of hydrogen-bond acceptors (Lipinski definition) is 3. The third-order valence-electron chi connectivity index (χ3n) is 2.16. The average Bonchev–Trinajstić information content (AvgIpc) is 2.29. The normalized spacial score (nSPS) is 9.62. The van der Waals surface area contributed by atoms with Crippen molar-refractivity contribution in [3.63, 3.8) is 0 Å². The van der Waals surface area contributed by atoms with Crippen LogP contribution in [0.1, 0.15) is 35.3 Å². The first-order chi connectivity index (χ1) is 7.63. The monoisotopic (exact) mass is 281 g/mol. The Balaban J connectivity index is 3.23. The molecule has 0 aliphatic heterocycles. The smallest absolute Gasteiger partial charge is 0.338 e. The molecule has 0 atom stereocenters. The molecule has 0 amide bonds. The van der Waals surface area contributed by atoms with Crippen LogP contribution in [0, 0.1) is 11.3 Å². The number of benzene rings is 1. The van der Waals surface area contributed by atoms with Crippen LogP contribution in [0.15, 0.2) is 16.6 Å². The lowest BCUT2D eigenvalue weighted by atomic mass is 10.0. The van der Waals surface area contributed by atoms with E-state index in [-0.39, 0.29) is 5.97 Å². The van der Waals surface area contributed by atoms with Gasteiger partial charge in [-0.2, -0.15) is 5.26 Å². The fraction of sp³-hybridized carbons (Fsp3) is 0.333. The number of nitriles is 1. The first-order valence-corrected chi connectivity index (χ1v) is 5.82. The van der Waals surface area contributed by atoms with Gasteiger partial charge in [-0.05, 0) is 47.0 Å². The second-order valence-corrected chi connectivity index (χ2v) is 3.98. The maximum atomic E-state index is 11.5. The number of ether oxygens (including phenoxy) is 1. The third kappa shape index (κ3) is 2.61. The minimum atomic E-state index is -0.388. The van der Waals surface area contributed by atoms with Gasteiger partial charge in [-0.15, -0.1) is 0 Å². The van der Waals surface area contributed by atoms with Crippen LogP contribution in [0.3, 0.4) is 0 Å². The van der Waals surface area contributed by atoms with Gasteiger partial charge in [-0.1, -0.05) is 6.92 Å². The molecule has 0 unspecified atom stereocenters. The Hall–Kier alpha value is -1.34. The number of esters is 1. The van der Waals surface area contributed by atoms with Crippen LogP contribution in [-0.4, -0.2) is 12.6 Å². The number of carbonyl (C=O) groups excluding carboxylic acids is 1. The highest BCUT2D eigenvalue weighted by atomic mass is 79.9. The molecule has 16 heavy (non-hydrogen) atoms. The van der Waals surface area contributed by atoms with E-state index in [0.29, 0.717) is 17.7 Å². The molecule has 1 rings (SSSR count). The predicted molar refractivity (Wildman–Crippen MR) is 64.2 cm³/mol. The van der Waals surface area contributed by atoms with Crippen LogP contribution >= 0.6 is 15.9 Å². The molecule has 84 valence electrons. The standard InChI is InChI=1S/C12H12BrNO2/c1-3-8-5-9(12(15)16-4-2)6-10(7-14)11(8)13/h5-6H,3-4H2,1-2H3. The van der Waals surface area contributed by atoms with E-state index in [0.717, 1.165) is 16.5 Å². The second-order valence-electron chi connectivity index (χ2n) is 3.18. The van der Waals surface area contributed by atoms with Gasteiger partial charge >= 0.3 is 5.97 Å². The van der Waals surface area contributed by atoms with Crippen LogP contribution in [0.5, 0.6) is 0 Å². The zero-order valence-electron chi connectivity index (χ0n) is 9.21. The highest BCUT2D eigenvalue weighted by Gasteiger charge is 2.12. The Morgan fingerprint density at radius 2 is 2.19 bits per heavy atom. The van der Waals surface area contributed by atoms with Gasteiger partial charge in [0, 0.05) is 4.47 Å². The molecule has 0 saturated carbocycles. The van der Waals surface area contributed by atoms with Crippen molar-refractivity contribution in [2.45, 2.75) is 20.3 Å². The minimum Gasteiger partial charge on any atom is -0.462 e. The van der Waals surface area contributed by atoms with E-state index >= 15 is 0 Å². The van der Waals surface area contributed by atoms with Crippen molar-refractivity contribution in [2.75, 3.05) is 6.61 Å². The van der Waals surface area contributed by atoms with Crippen molar-refractivity contribution in [3.8, 4) is 6.07 Å². The number of nitrogens with zero attached hydrogens (tertiary/aromatic N) is 1. The molecule has 1 aromatic carbocycles. The van der Waals surface area contributed by atoms with Gasteiger partial charge in [0.05, 0.1) is 17.7 Å². The summed E-state index contributed by atoms with van der Waals surface area (Å²) in [5, 5.41) is 8.94. The highest BCUT2D eigenvalue weighted by molar-refractivity contribution is 9.10. The molecule has 4 heteroatoms. The molecule has 0 saturated heterocycles. The molecule has 0 heterocycles. The van der Waals surface area contributed by atoms with Crippen LogP contribution in [0.4, 0.5) is 0 Å². The maximum absolute atomic E-state index is 11.5. The Kier molecular flexibility index (Phi) is 4.51. The van der Waals surface area contributed by atoms with Gasteiger partial charge in [0.25, 0.3) is 0 Å². The summed E-state index contributed by atoms with van der Waals surface area (Å²) in [7, 11) is 0. The Bertz CT molecular complexity index is 449. The largest absolute Gasteiger partial charge is 0.462 e. The molecule has 1 aromatic rings. The van der Waals surface area contributed by atoms with Gasteiger partial charge in [-0.25, -0.2) is 4.79 Å². The lowest BCUT2D eigenvalue weighted by molar-refractivity contribution is 0.0526. The first kappa shape index (κ1) is 12.7.